The van der Waals surface area contributed by atoms with Crippen molar-refractivity contribution < 1.29 is 4.79 Å². The van der Waals surface area contributed by atoms with E-state index in [1.54, 1.807) is 0 Å². The Bertz CT molecular complexity index is 314. The highest BCUT2D eigenvalue weighted by molar-refractivity contribution is 5.75. The van der Waals surface area contributed by atoms with E-state index in [0.29, 0.717) is 0 Å². The lowest BCUT2D eigenvalue weighted by Crippen LogP contribution is -2.19. The third-order valence-corrected chi connectivity index (χ3v) is 2.70. The standard InChI is InChI=1S/C12H15NO/c1-13(8-10-2-3-10)12-6-4-11(9-14)5-7-12/h4-7,9-10H,2-3,8H2,1H3. The minimum Gasteiger partial charge on any atom is -0.374 e. The Labute approximate surface area is 84.5 Å². The highest BCUT2D eigenvalue weighted by atomic mass is 16.1. The molecule has 1 aromatic rings. The molecule has 0 heterocycles. The van der Waals surface area contributed by atoms with Crippen LogP contribution in [0.1, 0.15) is 23.2 Å². The van der Waals surface area contributed by atoms with Gasteiger partial charge in [-0.05, 0) is 43.0 Å². The molecular weight excluding hydrogens is 174 g/mol. The highest BCUT2D eigenvalue weighted by Gasteiger charge is 2.22. The fraction of sp³-hybridized carbons (Fsp3) is 0.417. The summed E-state index contributed by atoms with van der Waals surface area (Å²) in [5.74, 6) is 0.894. The van der Waals surface area contributed by atoms with Crippen LogP contribution < -0.4 is 4.90 Å². The monoisotopic (exact) mass is 189 g/mol. The summed E-state index contributed by atoms with van der Waals surface area (Å²) in [7, 11) is 2.11. The van der Waals surface area contributed by atoms with Crippen molar-refractivity contribution in [2.75, 3.05) is 18.5 Å². The minimum atomic E-state index is 0.744. The van der Waals surface area contributed by atoms with E-state index in [9.17, 15) is 4.79 Å². The third kappa shape index (κ3) is 2.13. The molecule has 74 valence electrons. The average Bonchev–Trinajstić information content (AvgIpc) is 3.02. The third-order valence-electron chi connectivity index (χ3n) is 2.70. The summed E-state index contributed by atoms with van der Waals surface area (Å²) in [4.78, 5) is 12.7. The van der Waals surface area contributed by atoms with Gasteiger partial charge in [0.15, 0.2) is 0 Å². The summed E-state index contributed by atoms with van der Waals surface area (Å²) in [5.41, 5.74) is 1.94. The molecule has 2 rings (SSSR count). The van der Waals surface area contributed by atoms with Gasteiger partial charge in [0.05, 0.1) is 0 Å². The first-order chi connectivity index (χ1) is 6.79. The van der Waals surface area contributed by atoms with Gasteiger partial charge in [0.2, 0.25) is 0 Å². The van der Waals surface area contributed by atoms with Crippen LogP contribution in [0.3, 0.4) is 0 Å². The van der Waals surface area contributed by atoms with Gasteiger partial charge in [0, 0.05) is 24.8 Å². The summed E-state index contributed by atoms with van der Waals surface area (Å²) < 4.78 is 0. The lowest BCUT2D eigenvalue weighted by molar-refractivity contribution is 0.112. The molecule has 2 nitrogen and oxygen atoms in total. The predicted octanol–water partition coefficient (Wildman–Crippen LogP) is 2.35. The molecule has 0 spiro atoms. The van der Waals surface area contributed by atoms with Crippen LogP contribution in [0.25, 0.3) is 0 Å². The van der Waals surface area contributed by atoms with E-state index in [1.807, 2.05) is 24.3 Å². The Hall–Kier alpha value is -1.31. The van der Waals surface area contributed by atoms with Crippen molar-refractivity contribution in [1.82, 2.24) is 0 Å². The highest BCUT2D eigenvalue weighted by Crippen LogP contribution is 2.30. The normalized spacial score (nSPS) is 15.2. The van der Waals surface area contributed by atoms with E-state index in [2.05, 4.69) is 11.9 Å². The van der Waals surface area contributed by atoms with Gasteiger partial charge in [-0.3, -0.25) is 4.79 Å². The molecule has 1 saturated carbocycles. The zero-order valence-corrected chi connectivity index (χ0v) is 8.44. The van der Waals surface area contributed by atoms with Crippen molar-refractivity contribution in [3.8, 4) is 0 Å². The molecule has 0 unspecified atom stereocenters. The molecule has 2 heteroatoms. The SMILES string of the molecule is CN(CC1CC1)c1ccc(C=O)cc1. The summed E-state index contributed by atoms with van der Waals surface area (Å²) in [6.07, 6.45) is 3.62. The molecule has 0 atom stereocenters. The maximum absolute atomic E-state index is 10.5. The van der Waals surface area contributed by atoms with Crippen molar-refractivity contribution in [1.29, 1.82) is 0 Å². The number of hydrogen-bond acceptors (Lipinski definition) is 2. The number of carbonyl (C=O) groups is 1. The van der Waals surface area contributed by atoms with Crippen molar-refractivity contribution in [2.45, 2.75) is 12.8 Å². The van der Waals surface area contributed by atoms with Gasteiger partial charge in [-0.25, -0.2) is 0 Å². The van der Waals surface area contributed by atoms with Gasteiger partial charge in [-0.2, -0.15) is 0 Å². The number of aldehydes is 1. The molecule has 0 radical (unpaired) electrons. The molecule has 0 amide bonds. The molecule has 0 bridgehead atoms. The van der Waals surface area contributed by atoms with E-state index >= 15 is 0 Å². The second-order valence-electron chi connectivity index (χ2n) is 4.03. The van der Waals surface area contributed by atoms with Gasteiger partial charge in [0.1, 0.15) is 6.29 Å². The quantitative estimate of drug-likeness (QED) is 0.678. The average molecular weight is 189 g/mol. The number of hydrogen-bond donors (Lipinski definition) is 0. The van der Waals surface area contributed by atoms with Gasteiger partial charge >= 0.3 is 0 Å². The Balaban J connectivity index is 2.02. The first-order valence-corrected chi connectivity index (χ1v) is 5.06. The fourth-order valence-corrected chi connectivity index (χ4v) is 1.60. The van der Waals surface area contributed by atoms with E-state index in [-0.39, 0.29) is 0 Å². The zero-order chi connectivity index (χ0) is 9.97. The van der Waals surface area contributed by atoms with E-state index in [0.717, 1.165) is 24.3 Å². The Kier molecular flexibility index (Phi) is 2.53. The fourth-order valence-electron chi connectivity index (χ4n) is 1.60. The van der Waals surface area contributed by atoms with Gasteiger partial charge < -0.3 is 4.90 Å². The molecule has 0 aromatic heterocycles. The summed E-state index contributed by atoms with van der Waals surface area (Å²) in [6.45, 7) is 1.14. The topological polar surface area (TPSA) is 20.3 Å². The molecule has 14 heavy (non-hydrogen) atoms. The number of carbonyl (C=O) groups excluding carboxylic acids is 1. The lowest BCUT2D eigenvalue weighted by atomic mass is 10.2. The summed E-state index contributed by atoms with van der Waals surface area (Å²) >= 11 is 0. The summed E-state index contributed by atoms with van der Waals surface area (Å²) in [6, 6.07) is 7.75. The van der Waals surface area contributed by atoms with Crippen LogP contribution in [0.2, 0.25) is 0 Å². The Morgan fingerprint density at radius 3 is 2.50 bits per heavy atom. The van der Waals surface area contributed by atoms with Gasteiger partial charge in [-0.1, -0.05) is 0 Å². The first kappa shape index (κ1) is 9.25. The molecule has 1 aromatic carbocycles. The van der Waals surface area contributed by atoms with Crippen LogP contribution >= 0.6 is 0 Å². The number of anilines is 1. The predicted molar refractivity (Wildman–Crippen MR) is 57.8 cm³/mol. The van der Waals surface area contributed by atoms with Crippen LogP contribution in [0.4, 0.5) is 5.69 Å². The molecule has 1 aliphatic rings. The van der Waals surface area contributed by atoms with Gasteiger partial charge in [-0.15, -0.1) is 0 Å². The minimum absolute atomic E-state index is 0.744. The zero-order valence-electron chi connectivity index (χ0n) is 8.44. The molecule has 1 fully saturated rings. The van der Waals surface area contributed by atoms with Gasteiger partial charge in [0.25, 0.3) is 0 Å². The van der Waals surface area contributed by atoms with Crippen molar-refractivity contribution >= 4 is 12.0 Å². The largest absolute Gasteiger partial charge is 0.374 e. The second-order valence-corrected chi connectivity index (χ2v) is 4.03. The van der Waals surface area contributed by atoms with E-state index < -0.39 is 0 Å². The number of nitrogens with zero attached hydrogens (tertiary/aromatic N) is 1. The Morgan fingerprint density at radius 2 is 2.00 bits per heavy atom. The van der Waals surface area contributed by atoms with Crippen LogP contribution in [0, 0.1) is 5.92 Å². The molecule has 0 N–H and O–H groups in total. The number of rotatable bonds is 4. The van der Waals surface area contributed by atoms with Crippen LogP contribution in [-0.2, 0) is 0 Å². The van der Waals surface area contributed by atoms with Crippen LogP contribution in [-0.4, -0.2) is 19.9 Å². The second kappa shape index (κ2) is 3.82. The van der Waals surface area contributed by atoms with E-state index in [1.165, 1.54) is 18.5 Å². The number of benzene rings is 1. The maximum atomic E-state index is 10.5. The van der Waals surface area contributed by atoms with Crippen molar-refractivity contribution in [2.24, 2.45) is 5.92 Å². The smallest absolute Gasteiger partial charge is 0.150 e. The van der Waals surface area contributed by atoms with Crippen LogP contribution in [0.15, 0.2) is 24.3 Å². The molecular formula is C12H15NO. The van der Waals surface area contributed by atoms with Crippen LogP contribution in [0.5, 0.6) is 0 Å². The van der Waals surface area contributed by atoms with Crippen molar-refractivity contribution in [3.63, 3.8) is 0 Å². The lowest BCUT2D eigenvalue weighted by Gasteiger charge is -2.18. The Morgan fingerprint density at radius 1 is 1.36 bits per heavy atom. The first-order valence-electron chi connectivity index (χ1n) is 5.06. The summed E-state index contributed by atoms with van der Waals surface area (Å²) in [5, 5.41) is 0. The van der Waals surface area contributed by atoms with E-state index in [4.69, 9.17) is 0 Å². The molecule has 1 aliphatic carbocycles. The molecule has 0 aliphatic heterocycles. The van der Waals surface area contributed by atoms with Crippen molar-refractivity contribution in [3.05, 3.63) is 29.8 Å². The maximum Gasteiger partial charge on any atom is 0.150 e. The molecule has 0 saturated heterocycles.